The van der Waals surface area contributed by atoms with Gasteiger partial charge in [0, 0.05) is 0 Å². The number of hydrogen-bond acceptors (Lipinski definition) is 0. The summed E-state index contributed by atoms with van der Waals surface area (Å²) in [6.45, 7) is 4.82. The van der Waals surface area contributed by atoms with Crippen molar-refractivity contribution < 1.29 is 0 Å². The van der Waals surface area contributed by atoms with Gasteiger partial charge in [-0.3, -0.25) is 0 Å². The van der Waals surface area contributed by atoms with E-state index in [1.165, 1.54) is 12.8 Å². The van der Waals surface area contributed by atoms with Crippen LogP contribution >= 0.6 is 0 Å². The Morgan fingerprint density at radius 1 is 1.18 bits per heavy atom. The first kappa shape index (κ1) is 7.64. The minimum atomic E-state index is 1.06. The van der Waals surface area contributed by atoms with Gasteiger partial charge in [0.05, 0.1) is 0 Å². The first-order valence-corrected chi connectivity index (χ1v) is 5.33. The molecular formula is C11H20. The van der Waals surface area contributed by atoms with Crippen molar-refractivity contribution >= 4 is 0 Å². The second-order valence-corrected chi connectivity index (χ2v) is 4.64. The Morgan fingerprint density at radius 3 is 2.45 bits per heavy atom. The van der Waals surface area contributed by atoms with Gasteiger partial charge in [-0.25, -0.2) is 0 Å². The van der Waals surface area contributed by atoms with Crippen LogP contribution in [0.5, 0.6) is 0 Å². The third kappa shape index (κ3) is 1.11. The molecule has 0 aromatic heterocycles. The van der Waals surface area contributed by atoms with Crippen LogP contribution in [0.3, 0.4) is 0 Å². The summed E-state index contributed by atoms with van der Waals surface area (Å²) in [5.41, 5.74) is 0. The maximum absolute atomic E-state index is 2.49. The molecule has 2 rings (SSSR count). The molecule has 0 saturated heterocycles. The number of rotatable bonds is 2. The van der Waals surface area contributed by atoms with Crippen molar-refractivity contribution in [3.8, 4) is 0 Å². The minimum Gasteiger partial charge on any atom is -0.0654 e. The maximum atomic E-state index is 2.49. The summed E-state index contributed by atoms with van der Waals surface area (Å²) in [6, 6.07) is 0. The van der Waals surface area contributed by atoms with E-state index in [0.717, 1.165) is 23.7 Å². The Bertz CT molecular complexity index is 137. The third-order valence-corrected chi connectivity index (χ3v) is 4.16. The lowest BCUT2D eigenvalue weighted by molar-refractivity contribution is 0.224. The molecule has 11 heavy (non-hydrogen) atoms. The molecule has 2 aliphatic rings. The van der Waals surface area contributed by atoms with Crippen LogP contribution in [0.1, 0.15) is 46.0 Å². The van der Waals surface area contributed by atoms with Crippen molar-refractivity contribution in [1.82, 2.24) is 0 Å². The second kappa shape index (κ2) is 2.80. The smallest absolute Gasteiger partial charge is 0.0357 e. The van der Waals surface area contributed by atoms with Crippen LogP contribution < -0.4 is 0 Å². The Hall–Kier alpha value is 0. The molecule has 0 nitrogen and oxygen atoms in total. The molecule has 2 bridgehead atoms. The van der Waals surface area contributed by atoms with E-state index in [1.54, 1.807) is 19.3 Å². The Balaban J connectivity index is 2.00. The van der Waals surface area contributed by atoms with Gasteiger partial charge in [0.15, 0.2) is 0 Å². The molecule has 64 valence electrons. The first-order chi connectivity index (χ1) is 5.33. The standard InChI is InChI=1S/C11H20/c1-3-4-11-8(2)9-5-6-10(11)7-9/h8-11H,3-7H2,1-2H3/t8?,9?,10-,11?/m0/s1. The van der Waals surface area contributed by atoms with Crippen molar-refractivity contribution in [2.75, 3.05) is 0 Å². The van der Waals surface area contributed by atoms with Gasteiger partial charge in [0.1, 0.15) is 0 Å². The predicted molar refractivity (Wildman–Crippen MR) is 48.4 cm³/mol. The summed E-state index contributed by atoms with van der Waals surface area (Å²) in [5.74, 6) is 4.43. The van der Waals surface area contributed by atoms with E-state index in [1.807, 2.05) is 0 Å². The zero-order chi connectivity index (χ0) is 7.84. The van der Waals surface area contributed by atoms with Gasteiger partial charge < -0.3 is 0 Å². The Labute approximate surface area is 70.4 Å². The minimum absolute atomic E-state index is 1.06. The average molecular weight is 152 g/mol. The molecule has 2 saturated carbocycles. The van der Waals surface area contributed by atoms with E-state index in [4.69, 9.17) is 0 Å². The van der Waals surface area contributed by atoms with Crippen LogP contribution in [0.2, 0.25) is 0 Å². The molecule has 0 aromatic rings. The summed E-state index contributed by atoms with van der Waals surface area (Å²) < 4.78 is 0. The van der Waals surface area contributed by atoms with Gasteiger partial charge in [0.2, 0.25) is 0 Å². The molecule has 3 unspecified atom stereocenters. The average Bonchev–Trinajstić information content (AvgIpc) is 2.54. The summed E-state index contributed by atoms with van der Waals surface area (Å²) in [7, 11) is 0. The van der Waals surface area contributed by atoms with E-state index >= 15 is 0 Å². The molecule has 0 spiro atoms. The van der Waals surface area contributed by atoms with Gasteiger partial charge in [-0.2, -0.15) is 0 Å². The molecule has 0 heterocycles. The largest absolute Gasteiger partial charge is 0.0654 e. The molecule has 0 radical (unpaired) electrons. The van der Waals surface area contributed by atoms with Crippen LogP contribution in [0, 0.1) is 23.7 Å². The summed E-state index contributed by atoms with van der Waals surface area (Å²) >= 11 is 0. The van der Waals surface area contributed by atoms with Crippen molar-refractivity contribution in [2.45, 2.75) is 46.0 Å². The molecule has 0 N–H and O–H groups in total. The van der Waals surface area contributed by atoms with Gasteiger partial charge in [-0.15, -0.1) is 0 Å². The summed E-state index contributed by atoms with van der Waals surface area (Å²) in [6.07, 6.45) is 7.58. The SMILES string of the molecule is CCCC1C(C)C2CC[C@H]1C2. The molecule has 4 atom stereocenters. The van der Waals surface area contributed by atoms with Gasteiger partial charge in [0.25, 0.3) is 0 Å². The highest BCUT2D eigenvalue weighted by Crippen LogP contribution is 2.53. The van der Waals surface area contributed by atoms with Crippen LogP contribution in [0.15, 0.2) is 0 Å². The topological polar surface area (TPSA) is 0 Å². The molecule has 0 heteroatoms. The van der Waals surface area contributed by atoms with E-state index in [2.05, 4.69) is 13.8 Å². The normalized spacial score (nSPS) is 48.5. The lowest BCUT2D eigenvalue weighted by Crippen LogP contribution is -2.19. The lowest BCUT2D eigenvalue weighted by atomic mass is 9.78. The lowest BCUT2D eigenvalue weighted by Gasteiger charge is -2.27. The highest BCUT2D eigenvalue weighted by atomic mass is 14.5. The van der Waals surface area contributed by atoms with Crippen LogP contribution in [-0.4, -0.2) is 0 Å². The predicted octanol–water partition coefficient (Wildman–Crippen LogP) is 3.47. The van der Waals surface area contributed by atoms with Crippen LogP contribution in [-0.2, 0) is 0 Å². The zero-order valence-corrected chi connectivity index (χ0v) is 7.84. The van der Waals surface area contributed by atoms with Crippen molar-refractivity contribution in [2.24, 2.45) is 23.7 Å². The third-order valence-electron chi connectivity index (χ3n) is 4.16. The first-order valence-electron chi connectivity index (χ1n) is 5.33. The van der Waals surface area contributed by atoms with E-state index < -0.39 is 0 Å². The summed E-state index contributed by atoms with van der Waals surface area (Å²) in [4.78, 5) is 0. The number of hydrogen-bond donors (Lipinski definition) is 0. The molecular weight excluding hydrogens is 132 g/mol. The monoisotopic (exact) mass is 152 g/mol. The van der Waals surface area contributed by atoms with E-state index in [0.29, 0.717) is 0 Å². The van der Waals surface area contributed by atoms with Crippen molar-refractivity contribution in [1.29, 1.82) is 0 Å². The second-order valence-electron chi connectivity index (χ2n) is 4.64. The molecule has 0 aliphatic heterocycles. The van der Waals surface area contributed by atoms with E-state index in [9.17, 15) is 0 Å². The fourth-order valence-electron chi connectivity index (χ4n) is 3.53. The maximum Gasteiger partial charge on any atom is -0.0357 e. The molecule has 2 aliphatic carbocycles. The van der Waals surface area contributed by atoms with Crippen LogP contribution in [0.25, 0.3) is 0 Å². The van der Waals surface area contributed by atoms with Gasteiger partial charge in [-0.05, 0) is 42.9 Å². The molecule has 0 amide bonds. The fraction of sp³-hybridized carbons (Fsp3) is 1.00. The highest BCUT2D eigenvalue weighted by molar-refractivity contribution is 4.93. The quantitative estimate of drug-likeness (QED) is 0.568. The Morgan fingerprint density at radius 2 is 1.91 bits per heavy atom. The summed E-state index contributed by atoms with van der Waals surface area (Å²) in [5, 5.41) is 0. The fourth-order valence-corrected chi connectivity index (χ4v) is 3.53. The van der Waals surface area contributed by atoms with Crippen molar-refractivity contribution in [3.05, 3.63) is 0 Å². The highest BCUT2D eigenvalue weighted by Gasteiger charge is 2.44. The van der Waals surface area contributed by atoms with Crippen molar-refractivity contribution in [3.63, 3.8) is 0 Å². The molecule has 0 aromatic carbocycles. The van der Waals surface area contributed by atoms with Crippen LogP contribution in [0.4, 0.5) is 0 Å². The molecule has 2 fully saturated rings. The zero-order valence-electron chi connectivity index (χ0n) is 7.84. The van der Waals surface area contributed by atoms with Gasteiger partial charge >= 0.3 is 0 Å². The Kier molecular flexibility index (Phi) is 1.95. The number of fused-ring (bicyclic) bond motifs is 2. The van der Waals surface area contributed by atoms with Gasteiger partial charge in [-0.1, -0.05) is 26.7 Å². The van der Waals surface area contributed by atoms with E-state index in [-0.39, 0.29) is 0 Å².